The van der Waals surface area contributed by atoms with Gasteiger partial charge in [-0.1, -0.05) is 36.4 Å². The molecule has 1 heterocycles. The number of nitrogens with zero attached hydrogens (tertiary/aromatic N) is 1. The maximum Gasteiger partial charge on any atom is 0.419 e. The number of carbonyl (C=O) groups excluding carboxylic acids is 1. The number of carbonyl (C=O) groups is 1. The second-order valence-electron chi connectivity index (χ2n) is 8.09. The van der Waals surface area contributed by atoms with Crippen molar-refractivity contribution in [1.29, 1.82) is 0 Å². The number of methoxy groups -OCH3 is 1. The van der Waals surface area contributed by atoms with Crippen molar-refractivity contribution in [3.05, 3.63) is 65.2 Å². The van der Waals surface area contributed by atoms with E-state index in [0.29, 0.717) is 6.54 Å². The summed E-state index contributed by atoms with van der Waals surface area (Å²) >= 11 is 0. The molecule has 1 fully saturated rings. The van der Waals surface area contributed by atoms with Crippen molar-refractivity contribution in [3.63, 3.8) is 0 Å². The van der Waals surface area contributed by atoms with Crippen LogP contribution in [0.25, 0.3) is 0 Å². The van der Waals surface area contributed by atoms with Gasteiger partial charge in [-0.15, -0.1) is 0 Å². The molecule has 2 aromatic rings. The van der Waals surface area contributed by atoms with Gasteiger partial charge in [0.05, 0.1) is 25.8 Å². The number of ether oxygens (including phenoxy) is 2. The summed E-state index contributed by atoms with van der Waals surface area (Å²) in [6, 6.07) is 13.6. The fraction of sp³-hybridized carbons (Fsp3) is 0.458. The fourth-order valence-corrected chi connectivity index (χ4v) is 4.32. The van der Waals surface area contributed by atoms with E-state index in [9.17, 15) is 18.0 Å². The van der Waals surface area contributed by atoms with Crippen molar-refractivity contribution in [2.75, 3.05) is 33.4 Å². The zero-order valence-electron chi connectivity index (χ0n) is 18.4. The molecule has 1 saturated heterocycles. The molecule has 0 unspecified atom stereocenters. The number of likely N-dealkylation sites (tertiary alicyclic amines) is 1. The second kappa shape index (κ2) is 12.1. The van der Waals surface area contributed by atoms with Crippen LogP contribution in [0.15, 0.2) is 48.5 Å². The van der Waals surface area contributed by atoms with Crippen molar-refractivity contribution in [2.24, 2.45) is 0 Å². The molecule has 3 rings (SSSR count). The van der Waals surface area contributed by atoms with Crippen LogP contribution in [-0.4, -0.2) is 43.8 Å². The van der Waals surface area contributed by atoms with E-state index in [1.165, 1.54) is 30.5 Å². The van der Waals surface area contributed by atoms with E-state index in [2.05, 4.69) is 16.9 Å². The van der Waals surface area contributed by atoms with E-state index < -0.39 is 23.5 Å². The molecule has 0 bridgehead atoms. The van der Waals surface area contributed by atoms with Crippen LogP contribution in [0, 0.1) is 0 Å². The molecule has 0 N–H and O–H groups in total. The Bertz CT molecular complexity index is 867. The topological polar surface area (TPSA) is 35.5 Å². The normalized spacial score (nSPS) is 15.9. The standard InChI is InChI=1S/C24H29F3NO3.Y/c1-30-23(29)20-12-9-13-21(24(25,26)27)22(20)31-17-16-28(14-7-2-3-8-15-28)18-19-10-5-4-6-11-19;/h4-6,9-13H,2-3,7-8,14-18H2,1H3;/q+1;. The number of hydrogen-bond acceptors (Lipinski definition) is 3. The third kappa shape index (κ3) is 7.03. The van der Waals surface area contributed by atoms with Crippen LogP contribution in [-0.2, 0) is 50.2 Å². The van der Waals surface area contributed by atoms with Crippen molar-refractivity contribution < 1.29 is 64.6 Å². The molecule has 0 spiro atoms. The number of benzene rings is 2. The predicted octanol–water partition coefficient (Wildman–Crippen LogP) is 5.46. The van der Waals surface area contributed by atoms with Gasteiger partial charge < -0.3 is 14.0 Å². The average Bonchev–Trinajstić information content (AvgIpc) is 2.99. The molecule has 1 aliphatic rings. The Morgan fingerprint density at radius 1 is 0.969 bits per heavy atom. The largest absolute Gasteiger partial charge is 0.486 e. The number of esters is 1. The number of para-hydroxylation sites is 1. The Balaban J connectivity index is 0.00000363. The minimum absolute atomic E-state index is 0. The zero-order valence-corrected chi connectivity index (χ0v) is 21.2. The molecule has 4 nitrogen and oxygen atoms in total. The summed E-state index contributed by atoms with van der Waals surface area (Å²) in [5.74, 6) is -1.29. The second-order valence-corrected chi connectivity index (χ2v) is 8.09. The molecule has 1 radical (unpaired) electrons. The van der Waals surface area contributed by atoms with Gasteiger partial charge in [0.2, 0.25) is 0 Å². The molecule has 0 saturated carbocycles. The van der Waals surface area contributed by atoms with Crippen LogP contribution < -0.4 is 4.74 Å². The van der Waals surface area contributed by atoms with Crippen molar-refractivity contribution >= 4 is 5.97 Å². The van der Waals surface area contributed by atoms with E-state index in [-0.39, 0.29) is 44.9 Å². The van der Waals surface area contributed by atoms with Gasteiger partial charge in [0.1, 0.15) is 31.0 Å². The van der Waals surface area contributed by atoms with E-state index in [4.69, 9.17) is 4.74 Å². The molecule has 8 heteroatoms. The molecular formula is C24H29F3NO3Y+. The summed E-state index contributed by atoms with van der Waals surface area (Å²) in [4.78, 5) is 12.1. The third-order valence-corrected chi connectivity index (χ3v) is 5.91. The minimum Gasteiger partial charge on any atom is -0.486 e. The summed E-state index contributed by atoms with van der Waals surface area (Å²) in [5, 5.41) is 0. The van der Waals surface area contributed by atoms with E-state index in [1.807, 2.05) is 18.2 Å². The first-order valence-corrected chi connectivity index (χ1v) is 10.6. The quantitative estimate of drug-likeness (QED) is 0.356. The van der Waals surface area contributed by atoms with Crippen LogP contribution in [0.4, 0.5) is 13.2 Å². The maximum absolute atomic E-state index is 13.6. The fourth-order valence-electron chi connectivity index (χ4n) is 4.32. The Kier molecular flexibility index (Phi) is 10.2. The molecule has 171 valence electrons. The third-order valence-electron chi connectivity index (χ3n) is 5.91. The molecule has 1 aliphatic heterocycles. The van der Waals surface area contributed by atoms with Crippen LogP contribution in [0.2, 0.25) is 0 Å². The smallest absolute Gasteiger partial charge is 0.419 e. The summed E-state index contributed by atoms with van der Waals surface area (Å²) in [6.07, 6.45) is -0.130. The summed E-state index contributed by atoms with van der Waals surface area (Å²) in [5.41, 5.74) is 0.0408. The van der Waals surface area contributed by atoms with Gasteiger partial charge in [0.15, 0.2) is 0 Å². The zero-order chi connectivity index (χ0) is 22.3. The first kappa shape index (κ1) is 26.8. The Hall–Kier alpha value is -1.44. The Labute approximate surface area is 212 Å². The SMILES string of the molecule is COC(=O)c1cccc(C(F)(F)F)c1OCC[N+]1(Cc2ccccc2)CCCCCC1.[Y]. The number of rotatable bonds is 7. The van der Waals surface area contributed by atoms with Gasteiger partial charge in [-0.25, -0.2) is 4.79 Å². The van der Waals surface area contributed by atoms with Crippen molar-refractivity contribution in [1.82, 2.24) is 0 Å². The molecule has 0 amide bonds. The summed E-state index contributed by atoms with van der Waals surface area (Å²) in [6.45, 7) is 3.40. The average molecular weight is 525 g/mol. The van der Waals surface area contributed by atoms with Crippen LogP contribution in [0.5, 0.6) is 5.75 Å². The van der Waals surface area contributed by atoms with E-state index in [1.54, 1.807) is 0 Å². The number of hydrogen-bond donors (Lipinski definition) is 0. The number of quaternary nitrogens is 1. The molecule has 0 atom stereocenters. The number of halogens is 3. The summed E-state index contributed by atoms with van der Waals surface area (Å²) in [7, 11) is 1.14. The van der Waals surface area contributed by atoms with Gasteiger partial charge in [0.25, 0.3) is 0 Å². The van der Waals surface area contributed by atoms with E-state index in [0.717, 1.165) is 50.1 Å². The Morgan fingerprint density at radius 2 is 1.62 bits per heavy atom. The molecular weight excluding hydrogens is 496 g/mol. The first-order valence-electron chi connectivity index (χ1n) is 10.6. The van der Waals surface area contributed by atoms with E-state index >= 15 is 0 Å². The molecule has 32 heavy (non-hydrogen) atoms. The van der Waals surface area contributed by atoms with Crippen LogP contribution in [0.1, 0.15) is 47.2 Å². The van der Waals surface area contributed by atoms with Gasteiger partial charge in [-0.05, 0) is 37.8 Å². The van der Waals surface area contributed by atoms with Crippen molar-refractivity contribution in [2.45, 2.75) is 38.4 Å². The van der Waals surface area contributed by atoms with Gasteiger partial charge in [0, 0.05) is 38.3 Å². The van der Waals surface area contributed by atoms with Crippen LogP contribution in [0.3, 0.4) is 0 Å². The predicted molar refractivity (Wildman–Crippen MR) is 112 cm³/mol. The van der Waals surface area contributed by atoms with Gasteiger partial charge in [-0.2, -0.15) is 13.2 Å². The monoisotopic (exact) mass is 525 g/mol. The molecule has 0 aromatic heterocycles. The molecule has 2 aromatic carbocycles. The number of alkyl halides is 3. The van der Waals surface area contributed by atoms with Crippen LogP contribution >= 0.6 is 0 Å². The van der Waals surface area contributed by atoms with Gasteiger partial charge in [-0.3, -0.25) is 0 Å². The minimum atomic E-state index is -4.63. The van der Waals surface area contributed by atoms with Gasteiger partial charge >= 0.3 is 12.1 Å². The summed E-state index contributed by atoms with van der Waals surface area (Å²) < 4.78 is 51.8. The first-order chi connectivity index (χ1) is 14.8. The maximum atomic E-state index is 13.6. The van der Waals surface area contributed by atoms with Crippen molar-refractivity contribution in [3.8, 4) is 5.75 Å². The molecule has 0 aliphatic carbocycles. The Morgan fingerprint density at radius 3 is 2.22 bits per heavy atom.